The largest absolute Gasteiger partial charge is 0.373 e. The highest BCUT2D eigenvalue weighted by atomic mass is 16.5. The standard InChI is InChI=1S/C18H31N7O/c1-18(5-3-14-26-18)15-23-16(19-2)20-8-9-24-10-12-25(13-11-24)17-21-6-4-7-22-17/h4,6-7H,3,5,8-15H2,1-2H3,(H2,19,20,23). The van der Waals surface area contributed by atoms with Gasteiger partial charge in [-0.15, -0.1) is 0 Å². The summed E-state index contributed by atoms with van der Waals surface area (Å²) in [6.07, 6.45) is 5.85. The number of nitrogens with one attached hydrogen (secondary N) is 2. The second-order valence-corrected chi connectivity index (χ2v) is 7.13. The predicted molar refractivity (Wildman–Crippen MR) is 104 cm³/mol. The van der Waals surface area contributed by atoms with Crippen molar-refractivity contribution in [2.45, 2.75) is 25.4 Å². The van der Waals surface area contributed by atoms with Crippen molar-refractivity contribution >= 4 is 11.9 Å². The van der Waals surface area contributed by atoms with Crippen LogP contribution in [0.4, 0.5) is 5.95 Å². The molecule has 1 aromatic rings. The van der Waals surface area contributed by atoms with E-state index >= 15 is 0 Å². The topological polar surface area (TPSA) is 77.9 Å². The maximum Gasteiger partial charge on any atom is 0.225 e. The third-order valence-electron chi connectivity index (χ3n) is 5.08. The van der Waals surface area contributed by atoms with Crippen molar-refractivity contribution in [1.82, 2.24) is 25.5 Å². The van der Waals surface area contributed by atoms with Crippen LogP contribution < -0.4 is 15.5 Å². The Labute approximate surface area is 156 Å². The summed E-state index contributed by atoms with van der Waals surface area (Å²) < 4.78 is 5.81. The molecule has 0 saturated carbocycles. The first-order valence-electron chi connectivity index (χ1n) is 9.51. The van der Waals surface area contributed by atoms with Crippen molar-refractivity contribution in [3.05, 3.63) is 18.5 Å². The number of piperazine rings is 1. The third-order valence-corrected chi connectivity index (χ3v) is 5.08. The second kappa shape index (κ2) is 9.14. The molecule has 2 fully saturated rings. The van der Waals surface area contributed by atoms with Crippen molar-refractivity contribution in [3.8, 4) is 0 Å². The predicted octanol–water partition coefficient (Wildman–Crippen LogP) is 0.333. The smallest absolute Gasteiger partial charge is 0.225 e. The number of hydrogen-bond acceptors (Lipinski definition) is 6. The number of aliphatic imine (C=N–C) groups is 1. The molecule has 0 aliphatic carbocycles. The normalized spacial score (nSPS) is 24.7. The van der Waals surface area contributed by atoms with Gasteiger partial charge < -0.3 is 20.3 Å². The van der Waals surface area contributed by atoms with Crippen LogP contribution in [-0.4, -0.2) is 85.9 Å². The molecule has 0 amide bonds. The number of anilines is 1. The molecule has 144 valence electrons. The van der Waals surface area contributed by atoms with Gasteiger partial charge in [0, 0.05) is 71.9 Å². The van der Waals surface area contributed by atoms with Gasteiger partial charge in [0.25, 0.3) is 0 Å². The molecule has 3 heterocycles. The quantitative estimate of drug-likeness (QED) is 0.559. The summed E-state index contributed by atoms with van der Waals surface area (Å²) in [7, 11) is 1.81. The lowest BCUT2D eigenvalue weighted by molar-refractivity contribution is 0.0243. The fraction of sp³-hybridized carbons (Fsp3) is 0.722. The van der Waals surface area contributed by atoms with Crippen molar-refractivity contribution < 1.29 is 4.74 Å². The SMILES string of the molecule is CN=C(NCCN1CCN(c2ncccn2)CC1)NCC1(C)CCCO1. The molecule has 8 heteroatoms. The molecule has 0 aromatic carbocycles. The van der Waals surface area contributed by atoms with Crippen molar-refractivity contribution in [2.75, 3.05) is 64.4 Å². The molecular weight excluding hydrogens is 330 g/mol. The number of nitrogens with zero attached hydrogens (tertiary/aromatic N) is 5. The molecule has 2 N–H and O–H groups in total. The lowest BCUT2D eigenvalue weighted by Gasteiger charge is -2.34. The third kappa shape index (κ3) is 5.28. The number of ether oxygens (including phenoxy) is 1. The molecule has 1 atom stereocenters. The molecule has 2 aliphatic rings. The Kier molecular flexibility index (Phi) is 6.62. The first kappa shape index (κ1) is 18.8. The summed E-state index contributed by atoms with van der Waals surface area (Å²) >= 11 is 0. The van der Waals surface area contributed by atoms with Gasteiger partial charge in [0.05, 0.1) is 5.60 Å². The fourth-order valence-corrected chi connectivity index (χ4v) is 3.43. The molecule has 3 rings (SSSR count). The van der Waals surface area contributed by atoms with Crippen LogP contribution in [-0.2, 0) is 4.74 Å². The molecule has 2 aliphatic heterocycles. The lowest BCUT2D eigenvalue weighted by atomic mass is 10.0. The minimum absolute atomic E-state index is 0.0620. The van der Waals surface area contributed by atoms with E-state index in [1.165, 1.54) is 0 Å². The number of rotatable bonds is 6. The molecule has 0 bridgehead atoms. The van der Waals surface area contributed by atoms with E-state index in [4.69, 9.17) is 4.74 Å². The van der Waals surface area contributed by atoms with Gasteiger partial charge in [0.15, 0.2) is 5.96 Å². The van der Waals surface area contributed by atoms with Crippen LogP contribution in [0, 0.1) is 0 Å². The number of aromatic nitrogens is 2. The van der Waals surface area contributed by atoms with Crippen LogP contribution in [0.25, 0.3) is 0 Å². The van der Waals surface area contributed by atoms with E-state index < -0.39 is 0 Å². The van der Waals surface area contributed by atoms with E-state index in [1.54, 1.807) is 12.4 Å². The summed E-state index contributed by atoms with van der Waals surface area (Å²) in [5.41, 5.74) is -0.0620. The zero-order valence-corrected chi connectivity index (χ0v) is 15.9. The summed E-state index contributed by atoms with van der Waals surface area (Å²) in [5.74, 6) is 1.68. The van der Waals surface area contributed by atoms with Gasteiger partial charge in [0.2, 0.25) is 5.95 Å². The molecule has 26 heavy (non-hydrogen) atoms. The van der Waals surface area contributed by atoms with E-state index in [1.807, 2.05) is 13.1 Å². The number of hydrogen-bond donors (Lipinski definition) is 2. The van der Waals surface area contributed by atoms with Gasteiger partial charge in [-0.2, -0.15) is 0 Å². The van der Waals surface area contributed by atoms with Crippen LogP contribution >= 0.6 is 0 Å². The van der Waals surface area contributed by atoms with Gasteiger partial charge in [-0.1, -0.05) is 0 Å². The average Bonchev–Trinajstić information content (AvgIpc) is 3.12. The molecule has 8 nitrogen and oxygen atoms in total. The van der Waals surface area contributed by atoms with Crippen molar-refractivity contribution in [1.29, 1.82) is 0 Å². The van der Waals surface area contributed by atoms with Crippen LogP contribution in [0.3, 0.4) is 0 Å². The van der Waals surface area contributed by atoms with E-state index in [0.29, 0.717) is 0 Å². The Morgan fingerprint density at radius 1 is 1.23 bits per heavy atom. The molecule has 1 unspecified atom stereocenters. The Balaban J connectivity index is 1.33. The molecule has 0 radical (unpaired) electrons. The van der Waals surface area contributed by atoms with Crippen LogP contribution in [0.1, 0.15) is 19.8 Å². The van der Waals surface area contributed by atoms with E-state index in [0.717, 1.165) is 77.2 Å². The zero-order valence-electron chi connectivity index (χ0n) is 15.9. The van der Waals surface area contributed by atoms with Crippen LogP contribution in [0.2, 0.25) is 0 Å². The molecule has 0 spiro atoms. The summed E-state index contributed by atoms with van der Waals surface area (Å²) in [5, 5.41) is 6.79. The van der Waals surface area contributed by atoms with Gasteiger partial charge >= 0.3 is 0 Å². The molecule has 2 saturated heterocycles. The summed E-state index contributed by atoms with van der Waals surface area (Å²) in [6, 6.07) is 1.85. The van der Waals surface area contributed by atoms with E-state index in [2.05, 4.69) is 42.3 Å². The highest BCUT2D eigenvalue weighted by Crippen LogP contribution is 2.23. The average molecular weight is 361 g/mol. The Morgan fingerprint density at radius 2 is 2.00 bits per heavy atom. The Bertz CT molecular complexity index is 566. The monoisotopic (exact) mass is 361 g/mol. The zero-order chi connectivity index (χ0) is 18.2. The van der Waals surface area contributed by atoms with Crippen LogP contribution in [0.15, 0.2) is 23.5 Å². The summed E-state index contributed by atoms with van der Waals surface area (Å²) in [4.78, 5) is 17.7. The minimum atomic E-state index is -0.0620. The van der Waals surface area contributed by atoms with E-state index in [-0.39, 0.29) is 5.60 Å². The maximum absolute atomic E-state index is 5.81. The molecule has 1 aromatic heterocycles. The highest BCUT2D eigenvalue weighted by Gasteiger charge is 2.29. The Hall–Kier alpha value is -1.93. The number of guanidine groups is 1. The first-order chi connectivity index (χ1) is 12.7. The van der Waals surface area contributed by atoms with Gasteiger partial charge in [-0.25, -0.2) is 9.97 Å². The van der Waals surface area contributed by atoms with Crippen LogP contribution in [0.5, 0.6) is 0 Å². The minimum Gasteiger partial charge on any atom is -0.373 e. The lowest BCUT2D eigenvalue weighted by Crippen LogP contribution is -2.50. The van der Waals surface area contributed by atoms with Gasteiger partial charge in [-0.3, -0.25) is 9.89 Å². The van der Waals surface area contributed by atoms with Crippen molar-refractivity contribution in [2.24, 2.45) is 4.99 Å². The molecular formula is C18H31N7O. The highest BCUT2D eigenvalue weighted by molar-refractivity contribution is 5.79. The van der Waals surface area contributed by atoms with E-state index in [9.17, 15) is 0 Å². The van der Waals surface area contributed by atoms with Gasteiger partial charge in [0.1, 0.15) is 0 Å². The first-order valence-corrected chi connectivity index (χ1v) is 9.51. The fourth-order valence-electron chi connectivity index (χ4n) is 3.43. The maximum atomic E-state index is 5.81. The van der Waals surface area contributed by atoms with Crippen molar-refractivity contribution in [3.63, 3.8) is 0 Å². The summed E-state index contributed by atoms with van der Waals surface area (Å²) in [6.45, 7) is 9.68. The Morgan fingerprint density at radius 3 is 2.65 bits per heavy atom. The second-order valence-electron chi connectivity index (χ2n) is 7.13. The van der Waals surface area contributed by atoms with Gasteiger partial charge in [-0.05, 0) is 25.8 Å².